The predicted molar refractivity (Wildman–Crippen MR) is 61.9 cm³/mol. The van der Waals surface area contributed by atoms with Crippen molar-refractivity contribution in [1.82, 2.24) is 9.78 Å². The molecule has 0 amide bonds. The van der Waals surface area contributed by atoms with Gasteiger partial charge in [-0.05, 0) is 18.1 Å². The Kier molecular flexibility index (Phi) is 2.58. The lowest BCUT2D eigenvalue weighted by atomic mass is 9.96. The molecular weight excluding hydrogens is 184 g/mol. The van der Waals surface area contributed by atoms with Gasteiger partial charge in [0.25, 0.3) is 0 Å². The SMILES string of the molecule is Cc1cn(C)nc1[C@@H](C)c1ccccc1. The molecule has 0 saturated heterocycles. The van der Waals surface area contributed by atoms with Crippen molar-refractivity contribution >= 4 is 0 Å². The maximum atomic E-state index is 4.50. The lowest BCUT2D eigenvalue weighted by Gasteiger charge is -2.09. The Hall–Kier alpha value is -1.57. The average molecular weight is 200 g/mol. The van der Waals surface area contributed by atoms with Crippen LogP contribution in [0, 0.1) is 6.92 Å². The van der Waals surface area contributed by atoms with Gasteiger partial charge in [0.15, 0.2) is 0 Å². The molecule has 0 radical (unpaired) electrons. The van der Waals surface area contributed by atoms with Crippen molar-refractivity contribution in [3.63, 3.8) is 0 Å². The van der Waals surface area contributed by atoms with Gasteiger partial charge < -0.3 is 0 Å². The monoisotopic (exact) mass is 200 g/mol. The predicted octanol–water partition coefficient (Wildman–Crippen LogP) is 2.88. The van der Waals surface area contributed by atoms with Crippen molar-refractivity contribution in [2.75, 3.05) is 0 Å². The van der Waals surface area contributed by atoms with Gasteiger partial charge in [-0.15, -0.1) is 0 Å². The molecule has 0 aliphatic carbocycles. The van der Waals surface area contributed by atoms with E-state index in [1.807, 2.05) is 17.8 Å². The Morgan fingerprint density at radius 1 is 1.20 bits per heavy atom. The summed E-state index contributed by atoms with van der Waals surface area (Å²) in [7, 11) is 1.97. The summed E-state index contributed by atoms with van der Waals surface area (Å²) in [6.07, 6.45) is 2.06. The van der Waals surface area contributed by atoms with Crippen molar-refractivity contribution < 1.29 is 0 Å². The first-order valence-electron chi connectivity index (χ1n) is 5.23. The highest BCUT2D eigenvalue weighted by Gasteiger charge is 2.13. The van der Waals surface area contributed by atoms with Crippen molar-refractivity contribution in [3.8, 4) is 0 Å². The van der Waals surface area contributed by atoms with Gasteiger partial charge in [0.05, 0.1) is 5.69 Å². The van der Waals surface area contributed by atoms with Crippen molar-refractivity contribution in [3.05, 3.63) is 53.3 Å². The summed E-state index contributed by atoms with van der Waals surface area (Å²) in [6.45, 7) is 4.31. The van der Waals surface area contributed by atoms with Crippen LogP contribution in [-0.4, -0.2) is 9.78 Å². The second kappa shape index (κ2) is 3.89. The van der Waals surface area contributed by atoms with Crippen molar-refractivity contribution in [2.45, 2.75) is 19.8 Å². The summed E-state index contributed by atoms with van der Waals surface area (Å²) in [4.78, 5) is 0. The first-order valence-corrected chi connectivity index (χ1v) is 5.23. The highest BCUT2D eigenvalue weighted by atomic mass is 15.3. The largest absolute Gasteiger partial charge is 0.275 e. The van der Waals surface area contributed by atoms with Crippen LogP contribution in [0.2, 0.25) is 0 Å². The number of aromatic nitrogens is 2. The van der Waals surface area contributed by atoms with Crippen molar-refractivity contribution in [2.24, 2.45) is 7.05 Å². The van der Waals surface area contributed by atoms with E-state index >= 15 is 0 Å². The highest BCUT2D eigenvalue weighted by Crippen LogP contribution is 2.24. The molecule has 0 fully saturated rings. The lowest BCUT2D eigenvalue weighted by molar-refractivity contribution is 0.725. The van der Waals surface area contributed by atoms with Crippen LogP contribution in [-0.2, 0) is 7.05 Å². The van der Waals surface area contributed by atoms with Crippen LogP contribution in [0.1, 0.15) is 29.7 Å². The smallest absolute Gasteiger partial charge is 0.0725 e. The van der Waals surface area contributed by atoms with E-state index in [4.69, 9.17) is 0 Å². The molecule has 1 atom stereocenters. The van der Waals surface area contributed by atoms with Crippen LogP contribution < -0.4 is 0 Å². The van der Waals surface area contributed by atoms with Gasteiger partial charge in [-0.25, -0.2) is 0 Å². The van der Waals surface area contributed by atoms with Gasteiger partial charge >= 0.3 is 0 Å². The number of benzene rings is 1. The van der Waals surface area contributed by atoms with Crippen LogP contribution in [0.4, 0.5) is 0 Å². The zero-order valence-corrected chi connectivity index (χ0v) is 9.44. The molecule has 2 nitrogen and oxygen atoms in total. The Balaban J connectivity index is 2.36. The number of aryl methyl sites for hydroxylation is 2. The molecule has 0 unspecified atom stereocenters. The molecule has 2 heteroatoms. The molecule has 0 aliphatic rings. The van der Waals surface area contributed by atoms with Crippen LogP contribution in [0.5, 0.6) is 0 Å². The fraction of sp³-hybridized carbons (Fsp3) is 0.308. The molecule has 78 valence electrons. The standard InChI is InChI=1S/C13H16N2/c1-10-9-15(3)14-13(10)11(2)12-7-5-4-6-8-12/h4-9,11H,1-3H3/t11-/m0/s1. The molecular formula is C13H16N2. The lowest BCUT2D eigenvalue weighted by Crippen LogP contribution is -1.99. The molecule has 0 spiro atoms. The second-order valence-electron chi connectivity index (χ2n) is 4.00. The van der Waals surface area contributed by atoms with E-state index in [0.717, 1.165) is 0 Å². The first kappa shape index (κ1) is 9.97. The van der Waals surface area contributed by atoms with E-state index in [9.17, 15) is 0 Å². The summed E-state index contributed by atoms with van der Waals surface area (Å²) >= 11 is 0. The Morgan fingerprint density at radius 2 is 1.87 bits per heavy atom. The minimum Gasteiger partial charge on any atom is -0.275 e. The Bertz CT molecular complexity index is 443. The number of rotatable bonds is 2. The molecule has 2 rings (SSSR count). The van der Waals surface area contributed by atoms with E-state index in [1.54, 1.807) is 0 Å². The minimum absolute atomic E-state index is 0.368. The molecule has 1 heterocycles. The molecule has 0 saturated carbocycles. The van der Waals surface area contributed by atoms with Crippen LogP contribution >= 0.6 is 0 Å². The van der Waals surface area contributed by atoms with E-state index in [2.05, 4.69) is 49.4 Å². The summed E-state index contributed by atoms with van der Waals surface area (Å²) in [6, 6.07) is 10.5. The Morgan fingerprint density at radius 3 is 2.40 bits per heavy atom. The van der Waals surface area contributed by atoms with E-state index in [0.29, 0.717) is 5.92 Å². The number of nitrogens with zero attached hydrogens (tertiary/aromatic N) is 2. The van der Waals surface area contributed by atoms with Crippen LogP contribution in [0.25, 0.3) is 0 Å². The fourth-order valence-corrected chi connectivity index (χ4v) is 1.95. The van der Waals surface area contributed by atoms with Gasteiger partial charge in [-0.2, -0.15) is 5.10 Å². The molecule has 1 aromatic carbocycles. The zero-order chi connectivity index (χ0) is 10.8. The third-order valence-corrected chi connectivity index (χ3v) is 2.76. The van der Waals surface area contributed by atoms with Gasteiger partial charge in [-0.3, -0.25) is 4.68 Å². The van der Waals surface area contributed by atoms with Gasteiger partial charge in [0, 0.05) is 19.2 Å². The van der Waals surface area contributed by atoms with Gasteiger partial charge in [0.1, 0.15) is 0 Å². The van der Waals surface area contributed by atoms with E-state index in [-0.39, 0.29) is 0 Å². The average Bonchev–Trinajstić information content (AvgIpc) is 2.58. The van der Waals surface area contributed by atoms with E-state index < -0.39 is 0 Å². The molecule has 0 N–H and O–H groups in total. The van der Waals surface area contributed by atoms with Gasteiger partial charge in [-0.1, -0.05) is 37.3 Å². The summed E-state index contributed by atoms with van der Waals surface area (Å²) in [5.74, 6) is 0.368. The van der Waals surface area contributed by atoms with Crippen LogP contribution in [0.15, 0.2) is 36.5 Å². The molecule has 0 aliphatic heterocycles. The van der Waals surface area contributed by atoms with Crippen LogP contribution in [0.3, 0.4) is 0 Å². The minimum atomic E-state index is 0.368. The Labute approximate surface area is 90.6 Å². The first-order chi connectivity index (χ1) is 7.18. The van der Waals surface area contributed by atoms with Crippen molar-refractivity contribution in [1.29, 1.82) is 0 Å². The summed E-state index contributed by atoms with van der Waals surface area (Å²) in [5, 5.41) is 4.50. The topological polar surface area (TPSA) is 17.8 Å². The summed E-state index contributed by atoms with van der Waals surface area (Å²) in [5.41, 5.74) is 3.75. The molecule has 15 heavy (non-hydrogen) atoms. The number of hydrogen-bond acceptors (Lipinski definition) is 1. The summed E-state index contributed by atoms with van der Waals surface area (Å²) < 4.78 is 1.88. The second-order valence-corrected chi connectivity index (χ2v) is 4.00. The zero-order valence-electron chi connectivity index (χ0n) is 9.44. The highest BCUT2D eigenvalue weighted by molar-refractivity contribution is 5.30. The van der Waals surface area contributed by atoms with E-state index in [1.165, 1.54) is 16.8 Å². The quantitative estimate of drug-likeness (QED) is 0.729. The normalized spacial score (nSPS) is 12.7. The molecule has 2 aromatic rings. The van der Waals surface area contributed by atoms with Gasteiger partial charge in [0.2, 0.25) is 0 Å². The fourth-order valence-electron chi connectivity index (χ4n) is 1.95. The molecule has 0 bridgehead atoms. The number of hydrogen-bond donors (Lipinski definition) is 0. The molecule has 1 aromatic heterocycles. The maximum Gasteiger partial charge on any atom is 0.0725 e. The third kappa shape index (κ3) is 1.94. The maximum absolute atomic E-state index is 4.50. The third-order valence-electron chi connectivity index (χ3n) is 2.76.